The topological polar surface area (TPSA) is 88.9 Å². The number of fused-ring (bicyclic) bond motifs is 1. The van der Waals surface area contributed by atoms with Crippen LogP contribution in [0.25, 0.3) is 10.9 Å². The fourth-order valence-corrected chi connectivity index (χ4v) is 4.29. The molecule has 0 saturated carbocycles. The van der Waals surface area contributed by atoms with Gasteiger partial charge in [0.25, 0.3) is 5.56 Å². The van der Waals surface area contributed by atoms with Gasteiger partial charge in [0.2, 0.25) is 0 Å². The van der Waals surface area contributed by atoms with Gasteiger partial charge in [-0.2, -0.15) is 10.5 Å². The Hall–Kier alpha value is -3.75. The molecule has 7 nitrogen and oxygen atoms in total. The lowest BCUT2D eigenvalue weighted by Crippen LogP contribution is -2.50. The number of likely N-dealkylation sites (N-methyl/N-ethyl adjacent to an activating group) is 1. The molecule has 1 atom stereocenters. The highest BCUT2D eigenvalue weighted by atomic mass is 19.1. The zero-order valence-corrected chi connectivity index (χ0v) is 18.3. The molecule has 1 aromatic heterocycles. The fourth-order valence-electron chi connectivity index (χ4n) is 4.29. The van der Waals surface area contributed by atoms with Crippen LogP contribution in [0.2, 0.25) is 0 Å². The maximum Gasteiger partial charge on any atom is 0.261 e. The molecular formula is C24H23FN6O. The first-order valence-electron chi connectivity index (χ1n) is 10.4. The Bertz CT molecular complexity index is 1350. The van der Waals surface area contributed by atoms with Gasteiger partial charge in [-0.15, -0.1) is 0 Å². The average molecular weight is 430 g/mol. The van der Waals surface area contributed by atoms with E-state index in [2.05, 4.69) is 34.8 Å². The molecule has 1 aliphatic heterocycles. The molecule has 2 aromatic carbocycles. The highest BCUT2D eigenvalue weighted by Gasteiger charge is 2.25. The number of halogens is 1. The first-order chi connectivity index (χ1) is 15.3. The van der Waals surface area contributed by atoms with Crippen LogP contribution >= 0.6 is 0 Å². The molecule has 3 aromatic rings. The van der Waals surface area contributed by atoms with E-state index < -0.39 is 5.82 Å². The van der Waals surface area contributed by atoms with Gasteiger partial charge in [-0.1, -0.05) is 6.07 Å². The minimum Gasteiger partial charge on any atom is -0.365 e. The zero-order chi connectivity index (χ0) is 23.0. The summed E-state index contributed by atoms with van der Waals surface area (Å²) in [5.74, 6) is -0.113. The van der Waals surface area contributed by atoms with Crippen LogP contribution in [0.5, 0.6) is 0 Å². The van der Waals surface area contributed by atoms with E-state index in [0.29, 0.717) is 27.9 Å². The van der Waals surface area contributed by atoms with Gasteiger partial charge in [-0.25, -0.2) is 9.37 Å². The molecule has 0 aliphatic carbocycles. The van der Waals surface area contributed by atoms with Gasteiger partial charge in [-0.3, -0.25) is 9.36 Å². The molecule has 1 saturated heterocycles. The molecule has 0 amide bonds. The number of nitriles is 2. The summed E-state index contributed by atoms with van der Waals surface area (Å²) in [5.41, 5.74) is 1.89. The van der Waals surface area contributed by atoms with Crippen LogP contribution in [0, 0.1) is 35.4 Å². The van der Waals surface area contributed by atoms with Crippen molar-refractivity contribution in [2.45, 2.75) is 26.4 Å². The number of nitrogens with zero attached hydrogens (tertiary/aromatic N) is 6. The van der Waals surface area contributed by atoms with Crippen LogP contribution < -0.4 is 10.5 Å². The van der Waals surface area contributed by atoms with Crippen molar-refractivity contribution in [3.05, 3.63) is 69.0 Å². The lowest BCUT2D eigenvalue weighted by atomic mass is 10.1. The van der Waals surface area contributed by atoms with Crippen LogP contribution in [0.1, 0.15) is 29.4 Å². The van der Waals surface area contributed by atoms with Gasteiger partial charge in [0.05, 0.1) is 40.3 Å². The van der Waals surface area contributed by atoms with E-state index >= 15 is 0 Å². The smallest absolute Gasteiger partial charge is 0.261 e. The van der Waals surface area contributed by atoms with Crippen LogP contribution in [-0.2, 0) is 6.54 Å². The molecule has 32 heavy (non-hydrogen) atoms. The molecule has 0 bridgehead atoms. The predicted molar refractivity (Wildman–Crippen MR) is 120 cm³/mol. The summed E-state index contributed by atoms with van der Waals surface area (Å²) in [6.07, 6.45) is 0. The Kier molecular flexibility index (Phi) is 5.65. The quantitative estimate of drug-likeness (QED) is 0.635. The van der Waals surface area contributed by atoms with E-state index in [4.69, 9.17) is 5.26 Å². The molecule has 8 heteroatoms. The van der Waals surface area contributed by atoms with Crippen molar-refractivity contribution in [2.75, 3.05) is 31.6 Å². The van der Waals surface area contributed by atoms with E-state index in [1.165, 1.54) is 16.7 Å². The number of benzene rings is 2. The van der Waals surface area contributed by atoms with Crippen LogP contribution in [-0.4, -0.2) is 47.2 Å². The second-order valence-electron chi connectivity index (χ2n) is 8.27. The Morgan fingerprint density at radius 1 is 1.19 bits per heavy atom. The van der Waals surface area contributed by atoms with Crippen molar-refractivity contribution in [1.82, 2.24) is 14.5 Å². The van der Waals surface area contributed by atoms with Gasteiger partial charge in [0.15, 0.2) is 0 Å². The molecule has 0 N–H and O–H groups in total. The number of hydrogen-bond acceptors (Lipinski definition) is 6. The van der Waals surface area contributed by atoms with Crippen molar-refractivity contribution < 1.29 is 4.39 Å². The first-order valence-corrected chi connectivity index (χ1v) is 10.4. The SMILES string of the molecule is Cc1nc2cc(C#N)c(N3CCN(C)C[C@H]3C)cc2c(=O)n1Cc1ccc(C#N)cc1F. The minimum absolute atomic E-state index is 0.00535. The molecule has 162 valence electrons. The monoisotopic (exact) mass is 430 g/mol. The lowest BCUT2D eigenvalue weighted by molar-refractivity contribution is 0.275. The molecular weight excluding hydrogens is 407 g/mol. The fraction of sp³-hybridized carbons (Fsp3) is 0.333. The summed E-state index contributed by atoms with van der Waals surface area (Å²) < 4.78 is 15.9. The molecule has 0 unspecified atom stereocenters. The van der Waals surface area contributed by atoms with Crippen molar-refractivity contribution in [1.29, 1.82) is 10.5 Å². The summed E-state index contributed by atoms with van der Waals surface area (Å²) in [5, 5.41) is 19.1. The highest BCUT2D eigenvalue weighted by molar-refractivity contribution is 5.85. The van der Waals surface area contributed by atoms with E-state index in [-0.39, 0.29) is 23.7 Å². The maximum absolute atomic E-state index is 14.4. The van der Waals surface area contributed by atoms with Crippen LogP contribution in [0.3, 0.4) is 0 Å². The predicted octanol–water partition coefficient (Wildman–Crippen LogP) is 2.78. The van der Waals surface area contributed by atoms with Gasteiger partial charge in [0.1, 0.15) is 17.7 Å². The third-order valence-corrected chi connectivity index (χ3v) is 6.03. The minimum atomic E-state index is -0.540. The summed E-state index contributed by atoms with van der Waals surface area (Å²) in [4.78, 5) is 22.3. The third-order valence-electron chi connectivity index (χ3n) is 6.03. The lowest BCUT2D eigenvalue weighted by Gasteiger charge is -2.40. The summed E-state index contributed by atoms with van der Waals surface area (Å²) in [7, 11) is 2.06. The maximum atomic E-state index is 14.4. The molecule has 0 radical (unpaired) electrons. The Labute approximate surface area is 185 Å². The van der Waals surface area contributed by atoms with Gasteiger partial charge < -0.3 is 9.80 Å². The van der Waals surface area contributed by atoms with Crippen molar-refractivity contribution in [3.63, 3.8) is 0 Å². The van der Waals surface area contributed by atoms with E-state index in [0.717, 1.165) is 31.4 Å². The number of aryl methyl sites for hydroxylation is 1. The molecule has 1 fully saturated rings. The van der Waals surface area contributed by atoms with Gasteiger partial charge in [0, 0.05) is 31.2 Å². The summed E-state index contributed by atoms with van der Waals surface area (Å²) in [6.45, 7) is 6.26. The average Bonchev–Trinajstić information content (AvgIpc) is 2.77. The second-order valence-corrected chi connectivity index (χ2v) is 8.27. The number of piperazine rings is 1. The number of rotatable bonds is 3. The number of hydrogen-bond donors (Lipinski definition) is 0. The van der Waals surface area contributed by atoms with E-state index in [9.17, 15) is 14.4 Å². The molecule has 0 spiro atoms. The van der Waals surface area contributed by atoms with Crippen LogP contribution in [0.4, 0.5) is 10.1 Å². The van der Waals surface area contributed by atoms with E-state index in [1.807, 2.05) is 6.07 Å². The standard InChI is InChI=1S/C24H23FN6O/c1-15-13-29(3)6-7-30(15)23-10-20-22(9-19(23)12-27)28-16(2)31(24(20)32)14-18-5-4-17(11-26)8-21(18)25/h4-5,8-10,15H,6-7,13-14H2,1-3H3/t15-/m1/s1. The molecule has 2 heterocycles. The van der Waals surface area contributed by atoms with Crippen molar-refractivity contribution >= 4 is 16.6 Å². The summed E-state index contributed by atoms with van der Waals surface area (Å²) >= 11 is 0. The van der Waals surface area contributed by atoms with Crippen molar-refractivity contribution in [3.8, 4) is 12.1 Å². The molecule has 1 aliphatic rings. The van der Waals surface area contributed by atoms with Crippen molar-refractivity contribution in [2.24, 2.45) is 0 Å². The highest BCUT2D eigenvalue weighted by Crippen LogP contribution is 2.28. The Morgan fingerprint density at radius 2 is 1.97 bits per heavy atom. The number of anilines is 1. The third kappa shape index (κ3) is 3.81. The first kappa shape index (κ1) is 21.5. The van der Waals surface area contributed by atoms with E-state index in [1.54, 1.807) is 19.1 Å². The van der Waals surface area contributed by atoms with Crippen LogP contribution in [0.15, 0.2) is 35.1 Å². The Morgan fingerprint density at radius 3 is 2.62 bits per heavy atom. The zero-order valence-electron chi connectivity index (χ0n) is 18.3. The molecule has 4 rings (SSSR count). The Balaban J connectivity index is 1.83. The van der Waals surface area contributed by atoms with Gasteiger partial charge in [-0.05, 0) is 45.2 Å². The normalized spacial score (nSPS) is 16.7. The largest absolute Gasteiger partial charge is 0.365 e. The van der Waals surface area contributed by atoms with Gasteiger partial charge >= 0.3 is 0 Å². The number of aromatic nitrogens is 2. The summed E-state index contributed by atoms with van der Waals surface area (Å²) in [6, 6.07) is 12.0. The second kappa shape index (κ2) is 8.41.